The summed E-state index contributed by atoms with van der Waals surface area (Å²) in [6.07, 6.45) is 6.95. The van der Waals surface area contributed by atoms with Gasteiger partial charge >= 0.3 is 0 Å². The Morgan fingerprint density at radius 2 is 1.39 bits per heavy atom. The predicted molar refractivity (Wildman–Crippen MR) is 113 cm³/mol. The van der Waals surface area contributed by atoms with Crippen LogP contribution in [0.4, 0.5) is 0 Å². The van der Waals surface area contributed by atoms with Gasteiger partial charge < -0.3 is 9.80 Å². The second-order valence-corrected chi connectivity index (χ2v) is 9.29. The molecular formula is C22H30BrN3O2. The average Bonchev–Trinajstić information content (AvgIpc) is 3.28. The molecule has 6 heteroatoms. The van der Waals surface area contributed by atoms with Crippen molar-refractivity contribution < 1.29 is 9.59 Å². The Balaban J connectivity index is 1.25. The van der Waals surface area contributed by atoms with Crippen molar-refractivity contribution in [1.82, 2.24) is 14.7 Å². The fourth-order valence-corrected chi connectivity index (χ4v) is 5.20. The molecule has 0 aromatic heterocycles. The smallest absolute Gasteiger partial charge is 0.253 e. The molecule has 5 nitrogen and oxygen atoms in total. The minimum Gasteiger partial charge on any atom is -0.340 e. The van der Waals surface area contributed by atoms with E-state index in [1.165, 1.54) is 25.7 Å². The summed E-state index contributed by atoms with van der Waals surface area (Å²) in [5.74, 6) is 0.456. The van der Waals surface area contributed by atoms with E-state index < -0.39 is 0 Å². The Bertz CT molecular complexity index is 686. The van der Waals surface area contributed by atoms with E-state index in [4.69, 9.17) is 0 Å². The molecular weight excluding hydrogens is 418 g/mol. The fraction of sp³-hybridized carbons (Fsp3) is 0.636. The molecule has 1 saturated carbocycles. The van der Waals surface area contributed by atoms with Gasteiger partial charge in [-0.2, -0.15) is 0 Å². The molecule has 2 aliphatic heterocycles. The number of hydrogen-bond acceptors (Lipinski definition) is 3. The molecule has 3 aliphatic rings. The first-order valence-electron chi connectivity index (χ1n) is 10.7. The van der Waals surface area contributed by atoms with Gasteiger partial charge in [-0.3, -0.25) is 14.5 Å². The Labute approximate surface area is 176 Å². The third kappa shape index (κ3) is 4.43. The van der Waals surface area contributed by atoms with E-state index in [0.29, 0.717) is 19.0 Å². The van der Waals surface area contributed by atoms with Crippen LogP contribution in [0.1, 0.15) is 48.9 Å². The third-order valence-corrected chi connectivity index (χ3v) is 7.22. The molecule has 3 fully saturated rings. The Kier molecular flexibility index (Phi) is 6.36. The van der Waals surface area contributed by atoms with Crippen molar-refractivity contribution in [1.29, 1.82) is 0 Å². The molecule has 0 spiro atoms. The van der Waals surface area contributed by atoms with Crippen molar-refractivity contribution in [3.63, 3.8) is 0 Å². The van der Waals surface area contributed by atoms with E-state index in [-0.39, 0.29) is 11.8 Å². The molecule has 0 unspecified atom stereocenters. The van der Waals surface area contributed by atoms with Crippen molar-refractivity contribution in [2.24, 2.45) is 5.92 Å². The van der Waals surface area contributed by atoms with Crippen LogP contribution < -0.4 is 0 Å². The lowest BCUT2D eigenvalue weighted by molar-refractivity contribution is -0.139. The van der Waals surface area contributed by atoms with Crippen molar-refractivity contribution in [2.45, 2.75) is 44.6 Å². The summed E-state index contributed by atoms with van der Waals surface area (Å²) in [6.45, 7) is 5.13. The van der Waals surface area contributed by atoms with Gasteiger partial charge in [0, 0.05) is 61.3 Å². The van der Waals surface area contributed by atoms with Crippen LogP contribution in [0, 0.1) is 5.92 Å². The quantitative estimate of drug-likeness (QED) is 0.712. The van der Waals surface area contributed by atoms with Crippen molar-refractivity contribution >= 4 is 27.7 Å². The lowest BCUT2D eigenvalue weighted by atomic mass is 9.94. The first-order chi connectivity index (χ1) is 13.6. The Morgan fingerprint density at radius 1 is 0.786 bits per heavy atom. The van der Waals surface area contributed by atoms with Gasteiger partial charge in [-0.1, -0.05) is 28.8 Å². The average molecular weight is 448 g/mol. The topological polar surface area (TPSA) is 43.9 Å². The van der Waals surface area contributed by atoms with E-state index in [9.17, 15) is 9.59 Å². The molecule has 2 saturated heterocycles. The standard InChI is InChI=1S/C22H30BrN3O2/c23-19-7-5-17(6-8-19)21(27)25-11-9-18(10-12-25)22(28)26-15-13-24(14-16-26)20-3-1-2-4-20/h5-8,18,20H,1-4,9-16H2. The van der Waals surface area contributed by atoms with E-state index in [1.807, 2.05) is 29.2 Å². The number of carbonyl (C=O) groups is 2. The highest BCUT2D eigenvalue weighted by Crippen LogP contribution is 2.26. The van der Waals surface area contributed by atoms with Gasteiger partial charge in [0.15, 0.2) is 0 Å². The molecule has 0 radical (unpaired) electrons. The van der Waals surface area contributed by atoms with E-state index in [0.717, 1.165) is 55.1 Å². The van der Waals surface area contributed by atoms with Crippen molar-refractivity contribution in [2.75, 3.05) is 39.3 Å². The number of hydrogen-bond donors (Lipinski definition) is 0. The van der Waals surface area contributed by atoms with Gasteiger partial charge in [-0.05, 0) is 49.9 Å². The van der Waals surface area contributed by atoms with Crippen LogP contribution in [0.25, 0.3) is 0 Å². The van der Waals surface area contributed by atoms with Crippen LogP contribution in [-0.4, -0.2) is 71.8 Å². The minimum absolute atomic E-state index is 0.0728. The number of amides is 2. The van der Waals surface area contributed by atoms with Crippen molar-refractivity contribution in [3.05, 3.63) is 34.3 Å². The van der Waals surface area contributed by atoms with E-state index in [2.05, 4.69) is 25.7 Å². The summed E-state index contributed by atoms with van der Waals surface area (Å²) < 4.78 is 0.974. The summed E-state index contributed by atoms with van der Waals surface area (Å²) >= 11 is 3.40. The van der Waals surface area contributed by atoms with Crippen LogP contribution in [0.5, 0.6) is 0 Å². The first-order valence-corrected chi connectivity index (χ1v) is 11.5. The minimum atomic E-state index is 0.0728. The summed E-state index contributed by atoms with van der Waals surface area (Å²) in [7, 11) is 0. The largest absolute Gasteiger partial charge is 0.340 e. The highest BCUT2D eigenvalue weighted by molar-refractivity contribution is 9.10. The van der Waals surface area contributed by atoms with Gasteiger partial charge in [0.1, 0.15) is 0 Å². The van der Waals surface area contributed by atoms with E-state index >= 15 is 0 Å². The zero-order chi connectivity index (χ0) is 19.5. The molecule has 4 rings (SSSR count). The molecule has 152 valence electrons. The van der Waals surface area contributed by atoms with Gasteiger partial charge in [0.2, 0.25) is 5.91 Å². The lowest BCUT2D eigenvalue weighted by Gasteiger charge is -2.40. The maximum atomic E-state index is 13.0. The van der Waals surface area contributed by atoms with Gasteiger partial charge in [0.25, 0.3) is 5.91 Å². The third-order valence-electron chi connectivity index (χ3n) is 6.69. The number of benzene rings is 1. The Morgan fingerprint density at radius 3 is 2.00 bits per heavy atom. The SMILES string of the molecule is O=C(c1ccc(Br)cc1)N1CCC(C(=O)N2CCN(C3CCCC3)CC2)CC1. The Hall–Kier alpha value is -1.40. The highest BCUT2D eigenvalue weighted by Gasteiger charge is 2.33. The second kappa shape index (κ2) is 8.95. The molecule has 0 N–H and O–H groups in total. The fourth-order valence-electron chi connectivity index (χ4n) is 4.94. The zero-order valence-electron chi connectivity index (χ0n) is 16.5. The number of halogens is 1. The summed E-state index contributed by atoms with van der Waals surface area (Å²) in [4.78, 5) is 32.2. The monoisotopic (exact) mass is 447 g/mol. The number of rotatable bonds is 3. The van der Waals surface area contributed by atoms with Gasteiger partial charge in [0.05, 0.1) is 0 Å². The van der Waals surface area contributed by atoms with Gasteiger partial charge in [-0.15, -0.1) is 0 Å². The highest BCUT2D eigenvalue weighted by atomic mass is 79.9. The van der Waals surface area contributed by atoms with Crippen LogP contribution in [0.2, 0.25) is 0 Å². The number of carbonyl (C=O) groups excluding carboxylic acids is 2. The molecule has 1 aromatic rings. The second-order valence-electron chi connectivity index (χ2n) is 8.37. The summed E-state index contributed by atoms with van der Waals surface area (Å²) in [5, 5.41) is 0. The van der Waals surface area contributed by atoms with Gasteiger partial charge in [-0.25, -0.2) is 0 Å². The lowest BCUT2D eigenvalue weighted by Crippen LogP contribution is -2.53. The molecule has 0 atom stereocenters. The zero-order valence-corrected chi connectivity index (χ0v) is 18.1. The number of piperazine rings is 1. The van der Waals surface area contributed by atoms with Crippen LogP contribution in [0.3, 0.4) is 0 Å². The maximum absolute atomic E-state index is 13.0. The van der Waals surface area contributed by atoms with E-state index in [1.54, 1.807) is 0 Å². The maximum Gasteiger partial charge on any atom is 0.253 e. The number of nitrogens with zero attached hydrogens (tertiary/aromatic N) is 3. The molecule has 2 amide bonds. The van der Waals surface area contributed by atoms with Crippen LogP contribution in [0.15, 0.2) is 28.7 Å². The van der Waals surface area contributed by atoms with Crippen LogP contribution in [-0.2, 0) is 4.79 Å². The first kappa shape index (κ1) is 19.9. The summed E-state index contributed by atoms with van der Waals surface area (Å²) in [6, 6.07) is 8.26. The molecule has 28 heavy (non-hydrogen) atoms. The summed E-state index contributed by atoms with van der Waals surface area (Å²) in [5.41, 5.74) is 0.719. The molecule has 1 aliphatic carbocycles. The van der Waals surface area contributed by atoms with Crippen molar-refractivity contribution in [3.8, 4) is 0 Å². The number of likely N-dealkylation sites (tertiary alicyclic amines) is 1. The molecule has 0 bridgehead atoms. The molecule has 2 heterocycles. The predicted octanol–water partition coefficient (Wildman–Crippen LogP) is 3.39. The van der Waals surface area contributed by atoms with Crippen LogP contribution >= 0.6 is 15.9 Å². The number of piperidine rings is 1. The molecule has 1 aromatic carbocycles. The normalized spacial score (nSPS) is 22.6.